The molecule has 1 aromatic carbocycles. The van der Waals surface area contributed by atoms with E-state index >= 15 is 0 Å². The van der Waals surface area contributed by atoms with Crippen molar-refractivity contribution in [1.82, 2.24) is 9.71 Å². The van der Waals surface area contributed by atoms with Gasteiger partial charge in [-0.2, -0.15) is 0 Å². The van der Waals surface area contributed by atoms with Crippen molar-refractivity contribution in [3.05, 3.63) is 39.0 Å². The van der Waals surface area contributed by atoms with Gasteiger partial charge in [0, 0.05) is 9.85 Å². The molecule has 19 heavy (non-hydrogen) atoms. The molecule has 0 aliphatic rings. The van der Waals surface area contributed by atoms with Gasteiger partial charge in [-0.05, 0) is 28.1 Å². The Bertz CT molecular complexity index is 689. The number of hydrogen-bond acceptors (Lipinski definition) is 5. The zero-order valence-corrected chi connectivity index (χ0v) is 12.6. The molecular weight excluding hydrogens is 357 g/mol. The number of rotatable bonds is 4. The highest BCUT2D eigenvalue weighted by molar-refractivity contribution is 9.10. The zero-order chi connectivity index (χ0) is 14.0. The Kier molecular flexibility index (Phi) is 4.19. The molecule has 1 heterocycles. The maximum Gasteiger partial charge on any atom is 0.242 e. The summed E-state index contributed by atoms with van der Waals surface area (Å²) in [7, 11) is -3.79. The molecule has 0 atom stereocenters. The Hall–Kier alpha value is -1.03. The molecule has 0 saturated carbocycles. The van der Waals surface area contributed by atoms with Crippen molar-refractivity contribution < 1.29 is 12.8 Å². The highest BCUT2D eigenvalue weighted by Gasteiger charge is 2.19. The Balaban J connectivity index is 2.27. The van der Waals surface area contributed by atoms with Gasteiger partial charge in [-0.3, -0.25) is 0 Å². The predicted molar refractivity (Wildman–Crippen MR) is 74.7 cm³/mol. The van der Waals surface area contributed by atoms with Crippen molar-refractivity contribution in [3.63, 3.8) is 0 Å². The topological polar surface area (TPSA) is 85.1 Å². The van der Waals surface area contributed by atoms with Crippen LogP contribution in [0.25, 0.3) is 0 Å². The fraction of sp³-hybridized carbons (Fsp3) is 0.100. The van der Waals surface area contributed by atoms with Gasteiger partial charge in [-0.25, -0.2) is 22.5 Å². The monoisotopic (exact) mass is 365 g/mol. The molecule has 2 rings (SSSR count). The number of nitrogens with two attached hydrogens (primary N) is 1. The van der Waals surface area contributed by atoms with E-state index in [1.165, 1.54) is 11.3 Å². The summed E-state index contributed by atoms with van der Waals surface area (Å²) in [5, 5.41) is 1.73. The van der Waals surface area contributed by atoms with Gasteiger partial charge in [-0.15, -0.1) is 11.3 Å². The van der Waals surface area contributed by atoms with E-state index in [-0.39, 0.29) is 21.6 Å². The van der Waals surface area contributed by atoms with Gasteiger partial charge in [0.05, 0.1) is 28.3 Å². The van der Waals surface area contributed by atoms with Crippen LogP contribution in [0.4, 0.5) is 10.1 Å². The molecule has 0 spiro atoms. The van der Waals surface area contributed by atoms with E-state index in [1.54, 1.807) is 10.9 Å². The second-order valence-electron chi connectivity index (χ2n) is 3.61. The number of nitrogen functional groups attached to an aromatic ring is 1. The second-order valence-corrected chi connectivity index (χ2v) is 6.92. The minimum Gasteiger partial charge on any atom is -0.396 e. The van der Waals surface area contributed by atoms with E-state index in [4.69, 9.17) is 5.73 Å². The standard InChI is InChI=1S/C10H9BrFN3O2S2/c11-7-1-8(12)9(13)2-10(7)19(16,17)15-3-6-4-18-5-14-6/h1-2,4-5,15H,3,13H2. The number of anilines is 1. The predicted octanol–water partition coefficient (Wildman–Crippen LogP) is 2.11. The van der Waals surface area contributed by atoms with Gasteiger partial charge in [0.25, 0.3) is 0 Å². The molecule has 5 nitrogen and oxygen atoms in total. The molecule has 9 heteroatoms. The van der Waals surface area contributed by atoms with Crippen molar-refractivity contribution in [2.75, 3.05) is 5.73 Å². The molecule has 102 valence electrons. The van der Waals surface area contributed by atoms with E-state index in [0.29, 0.717) is 5.69 Å². The van der Waals surface area contributed by atoms with E-state index in [2.05, 4.69) is 25.6 Å². The molecule has 0 saturated heterocycles. The van der Waals surface area contributed by atoms with Crippen molar-refractivity contribution in [3.8, 4) is 0 Å². The molecule has 0 fully saturated rings. The molecule has 3 N–H and O–H groups in total. The molecule has 0 bridgehead atoms. The summed E-state index contributed by atoms with van der Waals surface area (Å²) >= 11 is 4.38. The van der Waals surface area contributed by atoms with Gasteiger partial charge >= 0.3 is 0 Å². The van der Waals surface area contributed by atoms with Gasteiger partial charge in [0.2, 0.25) is 10.0 Å². The summed E-state index contributed by atoms with van der Waals surface area (Å²) < 4.78 is 39.8. The summed E-state index contributed by atoms with van der Waals surface area (Å²) in [4.78, 5) is 3.85. The van der Waals surface area contributed by atoms with Gasteiger partial charge in [-0.1, -0.05) is 0 Å². The first-order valence-electron chi connectivity index (χ1n) is 5.01. The average molecular weight is 366 g/mol. The van der Waals surface area contributed by atoms with Crippen molar-refractivity contribution >= 4 is 43.0 Å². The summed E-state index contributed by atoms with van der Waals surface area (Å²) in [5.41, 5.74) is 7.37. The number of thiazole rings is 1. The lowest BCUT2D eigenvalue weighted by atomic mass is 10.3. The van der Waals surface area contributed by atoms with Crippen LogP contribution in [0, 0.1) is 5.82 Å². The zero-order valence-electron chi connectivity index (χ0n) is 9.43. The molecule has 1 aromatic heterocycles. The first-order valence-corrected chi connectivity index (χ1v) is 8.23. The summed E-state index contributed by atoms with van der Waals surface area (Å²) in [6.45, 7) is 0.0650. The van der Waals surface area contributed by atoms with Crippen LogP contribution in [0.2, 0.25) is 0 Å². The van der Waals surface area contributed by atoms with E-state index in [0.717, 1.165) is 12.1 Å². The number of nitrogens with zero attached hydrogens (tertiary/aromatic N) is 1. The molecule has 0 aliphatic carbocycles. The Morgan fingerprint density at radius 3 is 2.84 bits per heavy atom. The van der Waals surface area contributed by atoms with Crippen LogP contribution in [0.3, 0.4) is 0 Å². The fourth-order valence-corrected chi connectivity index (χ4v) is 3.93. The largest absolute Gasteiger partial charge is 0.396 e. The van der Waals surface area contributed by atoms with Crippen LogP contribution in [-0.4, -0.2) is 13.4 Å². The number of nitrogens with one attached hydrogen (secondary N) is 1. The number of sulfonamides is 1. The fourth-order valence-electron chi connectivity index (χ4n) is 1.32. The minimum absolute atomic E-state index is 0.0650. The van der Waals surface area contributed by atoms with Gasteiger partial charge < -0.3 is 5.73 Å². The molecule has 0 amide bonds. The van der Waals surface area contributed by atoms with Crippen LogP contribution in [0.15, 0.2) is 32.4 Å². The van der Waals surface area contributed by atoms with Crippen LogP contribution in [0.1, 0.15) is 5.69 Å². The van der Waals surface area contributed by atoms with Crippen LogP contribution < -0.4 is 10.5 Å². The first kappa shape index (κ1) is 14.4. The van der Waals surface area contributed by atoms with E-state index in [1.807, 2.05) is 0 Å². The lowest BCUT2D eigenvalue weighted by Gasteiger charge is -2.09. The average Bonchev–Trinajstić information content (AvgIpc) is 2.84. The number of benzene rings is 1. The van der Waals surface area contributed by atoms with Crippen LogP contribution in [-0.2, 0) is 16.6 Å². The maximum absolute atomic E-state index is 13.2. The third-order valence-electron chi connectivity index (χ3n) is 2.27. The van der Waals surface area contributed by atoms with Crippen molar-refractivity contribution in [2.24, 2.45) is 0 Å². The molecule has 2 aromatic rings. The van der Waals surface area contributed by atoms with E-state index < -0.39 is 15.8 Å². The van der Waals surface area contributed by atoms with Crippen molar-refractivity contribution in [1.29, 1.82) is 0 Å². The number of halogens is 2. The quantitative estimate of drug-likeness (QED) is 0.812. The molecular formula is C10H9BrFN3O2S2. The minimum atomic E-state index is -3.79. The van der Waals surface area contributed by atoms with Gasteiger partial charge in [0.15, 0.2) is 0 Å². The summed E-state index contributed by atoms with van der Waals surface area (Å²) in [6.07, 6.45) is 0. The third kappa shape index (κ3) is 3.30. The first-order chi connectivity index (χ1) is 8.90. The third-order valence-corrected chi connectivity index (χ3v) is 5.26. The Morgan fingerprint density at radius 1 is 1.47 bits per heavy atom. The SMILES string of the molecule is Nc1cc(S(=O)(=O)NCc2cscn2)c(Br)cc1F. The summed E-state index contributed by atoms with van der Waals surface area (Å²) in [5.74, 6) is -0.676. The normalized spacial score (nSPS) is 11.7. The van der Waals surface area contributed by atoms with E-state index in [9.17, 15) is 12.8 Å². The van der Waals surface area contributed by atoms with Crippen LogP contribution in [0.5, 0.6) is 0 Å². The molecule has 0 aliphatic heterocycles. The van der Waals surface area contributed by atoms with Crippen molar-refractivity contribution in [2.45, 2.75) is 11.4 Å². The smallest absolute Gasteiger partial charge is 0.242 e. The highest BCUT2D eigenvalue weighted by Crippen LogP contribution is 2.26. The Morgan fingerprint density at radius 2 is 2.21 bits per heavy atom. The summed E-state index contributed by atoms with van der Waals surface area (Å²) in [6, 6.07) is 2.09. The maximum atomic E-state index is 13.2. The number of aromatic nitrogens is 1. The van der Waals surface area contributed by atoms with Crippen LogP contribution >= 0.6 is 27.3 Å². The number of hydrogen-bond donors (Lipinski definition) is 2. The van der Waals surface area contributed by atoms with Gasteiger partial charge in [0.1, 0.15) is 5.82 Å². The highest BCUT2D eigenvalue weighted by atomic mass is 79.9. The second kappa shape index (κ2) is 5.53. The lowest BCUT2D eigenvalue weighted by Crippen LogP contribution is -2.24. The molecule has 0 unspecified atom stereocenters. The molecule has 0 radical (unpaired) electrons. The lowest BCUT2D eigenvalue weighted by molar-refractivity contribution is 0.579. The Labute approximate surface area is 121 Å².